The molecule has 1 aromatic rings. The number of thiocarbonyl (C=S) groups is 1. The summed E-state index contributed by atoms with van der Waals surface area (Å²) in [6.45, 7) is 6.30. The molecule has 0 amide bonds. The molecule has 0 aromatic carbocycles. The van der Waals surface area contributed by atoms with Crippen molar-refractivity contribution in [2.24, 2.45) is 5.73 Å². The predicted octanol–water partition coefficient (Wildman–Crippen LogP) is 1.97. The Kier molecular flexibility index (Phi) is 3.89. The maximum absolute atomic E-state index is 5.82. The second kappa shape index (κ2) is 5.23. The van der Waals surface area contributed by atoms with Crippen LogP contribution in [0.25, 0.3) is 0 Å². The number of hydrogen-bond acceptors (Lipinski definition) is 4. The third-order valence-electron chi connectivity index (χ3n) is 2.93. The van der Waals surface area contributed by atoms with Gasteiger partial charge in [-0.2, -0.15) is 11.8 Å². The number of nitrogens with zero attached hydrogens (tertiary/aromatic N) is 2. The van der Waals surface area contributed by atoms with Gasteiger partial charge in [0.15, 0.2) is 0 Å². The Bertz CT molecular complexity index is 434. The number of nitrogens with two attached hydrogens (primary N) is 1. The highest BCUT2D eigenvalue weighted by Crippen LogP contribution is 2.26. The molecule has 17 heavy (non-hydrogen) atoms. The maximum Gasteiger partial charge on any atom is 0.139 e. The van der Waals surface area contributed by atoms with E-state index in [1.165, 1.54) is 0 Å². The van der Waals surface area contributed by atoms with Crippen LogP contribution in [-0.4, -0.2) is 34.1 Å². The van der Waals surface area contributed by atoms with Gasteiger partial charge >= 0.3 is 0 Å². The molecule has 92 valence electrons. The Morgan fingerprint density at radius 3 is 3.06 bits per heavy atom. The molecule has 1 aliphatic rings. The first-order valence-electron chi connectivity index (χ1n) is 5.71. The summed E-state index contributed by atoms with van der Waals surface area (Å²) in [4.78, 5) is 7.20. The number of pyridine rings is 1. The molecular weight excluding hydrogens is 250 g/mol. The van der Waals surface area contributed by atoms with Crippen molar-refractivity contribution in [3.8, 4) is 0 Å². The van der Waals surface area contributed by atoms with Crippen LogP contribution in [-0.2, 0) is 0 Å². The van der Waals surface area contributed by atoms with Crippen molar-refractivity contribution < 1.29 is 0 Å². The summed E-state index contributed by atoms with van der Waals surface area (Å²) in [7, 11) is 0. The largest absolute Gasteiger partial charge is 0.389 e. The van der Waals surface area contributed by atoms with Crippen LogP contribution in [0.4, 0.5) is 5.82 Å². The van der Waals surface area contributed by atoms with Crippen molar-refractivity contribution in [1.29, 1.82) is 0 Å². The van der Waals surface area contributed by atoms with Crippen molar-refractivity contribution in [2.75, 3.05) is 23.7 Å². The Morgan fingerprint density at radius 2 is 2.41 bits per heavy atom. The van der Waals surface area contributed by atoms with Crippen LogP contribution in [0.15, 0.2) is 12.3 Å². The highest BCUT2D eigenvalue weighted by atomic mass is 32.2. The van der Waals surface area contributed by atoms with Crippen LogP contribution in [0.3, 0.4) is 0 Å². The van der Waals surface area contributed by atoms with Gasteiger partial charge in [0.2, 0.25) is 0 Å². The van der Waals surface area contributed by atoms with Gasteiger partial charge in [-0.1, -0.05) is 19.1 Å². The highest BCUT2D eigenvalue weighted by Gasteiger charge is 2.21. The van der Waals surface area contributed by atoms with E-state index >= 15 is 0 Å². The molecule has 0 bridgehead atoms. The molecule has 0 radical (unpaired) electrons. The van der Waals surface area contributed by atoms with Gasteiger partial charge in [-0.3, -0.25) is 0 Å². The number of rotatable bonds is 2. The van der Waals surface area contributed by atoms with E-state index in [0.29, 0.717) is 10.2 Å². The average Bonchev–Trinajstić information content (AvgIpc) is 2.28. The van der Waals surface area contributed by atoms with Gasteiger partial charge in [0.25, 0.3) is 0 Å². The van der Waals surface area contributed by atoms with Crippen molar-refractivity contribution in [3.05, 3.63) is 23.4 Å². The Morgan fingerprint density at radius 1 is 1.65 bits per heavy atom. The molecule has 5 heteroatoms. The average molecular weight is 267 g/mol. The van der Waals surface area contributed by atoms with E-state index in [1.807, 2.05) is 30.9 Å². The van der Waals surface area contributed by atoms with E-state index in [9.17, 15) is 0 Å². The lowest BCUT2D eigenvalue weighted by atomic mass is 10.1. The molecule has 1 fully saturated rings. The number of thioether (sulfide) groups is 1. The monoisotopic (exact) mass is 267 g/mol. The Labute approximate surface area is 112 Å². The predicted molar refractivity (Wildman–Crippen MR) is 79.0 cm³/mol. The van der Waals surface area contributed by atoms with E-state index < -0.39 is 0 Å². The quantitative estimate of drug-likeness (QED) is 0.830. The first-order chi connectivity index (χ1) is 8.09. The normalized spacial score (nSPS) is 20.4. The third kappa shape index (κ3) is 2.72. The minimum Gasteiger partial charge on any atom is -0.389 e. The molecule has 1 aromatic heterocycles. The molecule has 1 saturated heterocycles. The molecule has 0 aliphatic carbocycles. The van der Waals surface area contributed by atoms with E-state index in [4.69, 9.17) is 18.0 Å². The summed E-state index contributed by atoms with van der Waals surface area (Å²) < 4.78 is 0. The molecule has 2 heterocycles. The molecular formula is C12H17N3S2. The van der Waals surface area contributed by atoms with Crippen molar-refractivity contribution in [1.82, 2.24) is 4.98 Å². The zero-order valence-electron chi connectivity index (χ0n) is 10.1. The minimum atomic E-state index is 0.441. The number of aryl methyl sites for hydroxylation is 1. The third-order valence-corrected chi connectivity index (χ3v) is 4.27. The van der Waals surface area contributed by atoms with E-state index in [2.05, 4.69) is 16.8 Å². The van der Waals surface area contributed by atoms with E-state index in [1.54, 1.807) is 0 Å². The fraction of sp³-hybridized carbons (Fsp3) is 0.500. The lowest BCUT2D eigenvalue weighted by Crippen LogP contribution is -2.38. The number of aromatic nitrogens is 1. The Balaban J connectivity index is 2.37. The van der Waals surface area contributed by atoms with Gasteiger partial charge in [0.05, 0.1) is 5.56 Å². The molecule has 0 spiro atoms. The summed E-state index contributed by atoms with van der Waals surface area (Å²) in [6, 6.07) is 1.96. The zero-order chi connectivity index (χ0) is 12.4. The van der Waals surface area contributed by atoms with Crippen molar-refractivity contribution >= 4 is 34.8 Å². The van der Waals surface area contributed by atoms with Crippen molar-refractivity contribution in [2.45, 2.75) is 19.1 Å². The summed E-state index contributed by atoms with van der Waals surface area (Å²) in [6.07, 6.45) is 1.83. The lowest BCUT2D eigenvalue weighted by Gasteiger charge is -2.33. The first kappa shape index (κ1) is 12.6. The zero-order valence-corrected chi connectivity index (χ0v) is 11.8. The van der Waals surface area contributed by atoms with Gasteiger partial charge in [-0.25, -0.2) is 4.98 Å². The molecule has 2 rings (SSSR count). The van der Waals surface area contributed by atoms with Crippen LogP contribution >= 0.6 is 24.0 Å². The first-order valence-corrected chi connectivity index (χ1v) is 7.17. The molecule has 0 saturated carbocycles. The summed E-state index contributed by atoms with van der Waals surface area (Å²) in [5.41, 5.74) is 7.85. The van der Waals surface area contributed by atoms with Crippen LogP contribution in [0.1, 0.15) is 18.1 Å². The summed E-state index contributed by atoms with van der Waals surface area (Å²) in [5.74, 6) is 2.08. The minimum absolute atomic E-state index is 0.441. The smallest absolute Gasteiger partial charge is 0.139 e. The fourth-order valence-corrected chi connectivity index (χ4v) is 3.36. The molecule has 1 unspecified atom stereocenters. The lowest BCUT2D eigenvalue weighted by molar-refractivity contribution is 0.769. The SMILES string of the molecule is Cc1ccnc(N2CCSC(C)C2)c1C(N)=S. The molecule has 2 N–H and O–H groups in total. The standard InChI is InChI=1S/C12H17N3S2/c1-8-3-4-14-12(10(8)11(13)16)15-5-6-17-9(2)7-15/h3-4,9H,5-7H2,1-2H3,(H2,13,16). The van der Waals surface area contributed by atoms with Gasteiger partial charge in [0, 0.05) is 30.3 Å². The van der Waals surface area contributed by atoms with Gasteiger partial charge < -0.3 is 10.6 Å². The number of hydrogen-bond donors (Lipinski definition) is 1. The van der Waals surface area contributed by atoms with Gasteiger partial charge in [-0.05, 0) is 18.6 Å². The Hall–Kier alpha value is -0.810. The summed E-state index contributed by atoms with van der Waals surface area (Å²) >= 11 is 7.14. The van der Waals surface area contributed by atoms with Crippen LogP contribution in [0, 0.1) is 6.92 Å². The number of anilines is 1. The van der Waals surface area contributed by atoms with Crippen LogP contribution in [0.5, 0.6) is 0 Å². The fourth-order valence-electron chi connectivity index (χ4n) is 2.10. The topological polar surface area (TPSA) is 42.2 Å². The van der Waals surface area contributed by atoms with E-state index in [0.717, 1.165) is 35.8 Å². The molecule has 1 aliphatic heterocycles. The second-order valence-corrected chi connectivity index (χ2v) is 6.30. The highest BCUT2D eigenvalue weighted by molar-refractivity contribution is 8.00. The van der Waals surface area contributed by atoms with Crippen LogP contribution in [0.2, 0.25) is 0 Å². The van der Waals surface area contributed by atoms with Gasteiger partial charge in [-0.15, -0.1) is 0 Å². The van der Waals surface area contributed by atoms with Gasteiger partial charge in [0.1, 0.15) is 10.8 Å². The maximum atomic E-state index is 5.82. The van der Waals surface area contributed by atoms with E-state index in [-0.39, 0.29) is 0 Å². The van der Waals surface area contributed by atoms with Crippen molar-refractivity contribution in [3.63, 3.8) is 0 Å². The van der Waals surface area contributed by atoms with Crippen LogP contribution < -0.4 is 10.6 Å². The second-order valence-electron chi connectivity index (χ2n) is 4.32. The summed E-state index contributed by atoms with van der Waals surface area (Å²) in [5, 5.41) is 0.630. The molecule has 1 atom stereocenters. The molecule has 3 nitrogen and oxygen atoms in total.